The normalized spacial score (nSPS) is 11.2. The molecule has 7 heteroatoms. The van der Waals surface area contributed by atoms with Crippen molar-refractivity contribution in [1.82, 2.24) is 14.8 Å². The van der Waals surface area contributed by atoms with Crippen molar-refractivity contribution < 1.29 is 9.21 Å². The Balaban J connectivity index is 1.61. The van der Waals surface area contributed by atoms with Crippen molar-refractivity contribution in [2.24, 2.45) is 0 Å². The average Bonchev–Trinajstić information content (AvgIpc) is 3.24. The van der Waals surface area contributed by atoms with Crippen molar-refractivity contribution in [3.05, 3.63) is 82.1 Å². The largest absolute Gasteiger partial charge is 0.417 e. The highest BCUT2D eigenvalue weighted by Crippen LogP contribution is 2.23. The van der Waals surface area contributed by atoms with Crippen LogP contribution in [0.15, 0.2) is 63.9 Å². The number of hydrogen-bond donors (Lipinski definition) is 2. The summed E-state index contributed by atoms with van der Waals surface area (Å²) < 4.78 is 6.85. The van der Waals surface area contributed by atoms with Crippen molar-refractivity contribution in [2.75, 3.05) is 5.32 Å². The van der Waals surface area contributed by atoms with Gasteiger partial charge in [0, 0.05) is 5.69 Å². The molecule has 7 nitrogen and oxygen atoms in total. The Morgan fingerprint density at radius 3 is 2.75 bits per heavy atom. The van der Waals surface area contributed by atoms with Crippen LogP contribution in [0.2, 0.25) is 0 Å². The second-order valence-electron chi connectivity index (χ2n) is 6.92. The van der Waals surface area contributed by atoms with E-state index in [1.54, 1.807) is 24.4 Å². The standard InChI is InChI=1S/C21H20N4O3/c1-13(2)19-16(11-22-25(19)12-14-6-4-3-5-7-14)20(26)23-15-8-9-18-17(10-15)24-21(27)28-18/h3-11,13H,12H2,1-2H3,(H,23,26)(H,24,27). The molecular formula is C21H20N4O3. The van der Waals surface area contributed by atoms with E-state index in [2.05, 4.69) is 15.4 Å². The molecule has 0 aliphatic heterocycles. The molecule has 0 saturated carbocycles. The number of oxazole rings is 1. The van der Waals surface area contributed by atoms with E-state index in [1.807, 2.05) is 48.9 Å². The van der Waals surface area contributed by atoms with Gasteiger partial charge in [0.1, 0.15) is 0 Å². The van der Waals surface area contributed by atoms with Crippen LogP contribution < -0.4 is 11.1 Å². The Kier molecular flexibility index (Phi) is 4.57. The number of aromatic nitrogens is 3. The summed E-state index contributed by atoms with van der Waals surface area (Å²) in [6, 6.07) is 15.0. The summed E-state index contributed by atoms with van der Waals surface area (Å²) in [5.41, 5.74) is 4.08. The summed E-state index contributed by atoms with van der Waals surface area (Å²) in [6.07, 6.45) is 1.60. The monoisotopic (exact) mass is 376 g/mol. The minimum Gasteiger partial charge on any atom is -0.408 e. The van der Waals surface area contributed by atoms with Gasteiger partial charge in [0.15, 0.2) is 5.58 Å². The Bertz CT molecular complexity index is 1190. The fourth-order valence-electron chi connectivity index (χ4n) is 3.29. The van der Waals surface area contributed by atoms with Crippen LogP contribution in [0.4, 0.5) is 5.69 Å². The molecule has 0 radical (unpaired) electrons. The maximum Gasteiger partial charge on any atom is 0.417 e. The molecule has 142 valence electrons. The topological polar surface area (TPSA) is 92.9 Å². The summed E-state index contributed by atoms with van der Waals surface area (Å²) in [4.78, 5) is 26.8. The second-order valence-corrected chi connectivity index (χ2v) is 6.92. The Hall–Kier alpha value is -3.61. The molecule has 1 amide bonds. The highest BCUT2D eigenvalue weighted by Gasteiger charge is 2.20. The van der Waals surface area contributed by atoms with E-state index in [1.165, 1.54) is 0 Å². The highest BCUT2D eigenvalue weighted by molar-refractivity contribution is 6.05. The van der Waals surface area contributed by atoms with Crippen LogP contribution in [0.5, 0.6) is 0 Å². The molecule has 0 aliphatic carbocycles. The van der Waals surface area contributed by atoms with Gasteiger partial charge in [-0.25, -0.2) is 4.79 Å². The van der Waals surface area contributed by atoms with Gasteiger partial charge in [-0.3, -0.25) is 14.5 Å². The van der Waals surface area contributed by atoms with E-state index in [-0.39, 0.29) is 11.8 Å². The van der Waals surface area contributed by atoms with Crippen LogP contribution >= 0.6 is 0 Å². The Labute approximate surface area is 161 Å². The van der Waals surface area contributed by atoms with Crippen LogP contribution in [0, 0.1) is 0 Å². The number of nitrogens with one attached hydrogen (secondary N) is 2. The summed E-state index contributed by atoms with van der Waals surface area (Å²) >= 11 is 0. The van der Waals surface area contributed by atoms with Crippen molar-refractivity contribution in [2.45, 2.75) is 26.3 Å². The fraction of sp³-hybridized carbons (Fsp3) is 0.190. The number of benzene rings is 2. The lowest BCUT2D eigenvalue weighted by molar-refractivity contribution is 0.102. The first-order chi connectivity index (χ1) is 13.5. The lowest BCUT2D eigenvalue weighted by atomic mass is 10.0. The lowest BCUT2D eigenvalue weighted by Crippen LogP contribution is -2.16. The van der Waals surface area contributed by atoms with E-state index >= 15 is 0 Å². The number of anilines is 1. The smallest absolute Gasteiger partial charge is 0.408 e. The number of nitrogens with zero attached hydrogens (tertiary/aromatic N) is 2. The molecule has 2 aromatic carbocycles. The third kappa shape index (κ3) is 3.46. The van der Waals surface area contributed by atoms with E-state index in [0.29, 0.717) is 28.9 Å². The van der Waals surface area contributed by atoms with Crippen molar-refractivity contribution in [3.63, 3.8) is 0 Å². The second kappa shape index (κ2) is 7.19. The molecule has 2 aromatic heterocycles. The molecule has 0 aliphatic rings. The van der Waals surface area contributed by atoms with E-state index in [0.717, 1.165) is 11.3 Å². The summed E-state index contributed by atoms with van der Waals surface area (Å²) in [6.45, 7) is 4.68. The summed E-state index contributed by atoms with van der Waals surface area (Å²) in [7, 11) is 0. The average molecular weight is 376 g/mol. The number of H-pyrrole nitrogens is 1. The van der Waals surface area contributed by atoms with Gasteiger partial charge in [0.25, 0.3) is 5.91 Å². The first-order valence-electron chi connectivity index (χ1n) is 9.05. The molecule has 0 saturated heterocycles. The van der Waals surface area contributed by atoms with Crippen LogP contribution in [0.3, 0.4) is 0 Å². The van der Waals surface area contributed by atoms with Crippen LogP contribution in [0.1, 0.15) is 41.4 Å². The maximum absolute atomic E-state index is 12.9. The molecule has 2 heterocycles. The molecule has 4 rings (SSSR count). The number of hydrogen-bond acceptors (Lipinski definition) is 4. The number of carbonyl (C=O) groups is 1. The SMILES string of the molecule is CC(C)c1c(C(=O)Nc2ccc3oc(=O)[nH]c3c2)cnn1Cc1ccccc1. The van der Waals surface area contributed by atoms with Crippen LogP contribution in [-0.2, 0) is 6.54 Å². The zero-order valence-corrected chi connectivity index (χ0v) is 15.6. The maximum atomic E-state index is 12.9. The third-order valence-electron chi connectivity index (χ3n) is 4.52. The van der Waals surface area contributed by atoms with Crippen molar-refractivity contribution in [3.8, 4) is 0 Å². The summed E-state index contributed by atoms with van der Waals surface area (Å²) in [5.74, 6) is -0.643. The number of amides is 1. The molecule has 0 fully saturated rings. The van der Waals surface area contributed by atoms with E-state index < -0.39 is 5.76 Å². The number of carbonyl (C=O) groups excluding carboxylic acids is 1. The fourth-order valence-corrected chi connectivity index (χ4v) is 3.29. The third-order valence-corrected chi connectivity index (χ3v) is 4.52. The predicted molar refractivity (Wildman–Crippen MR) is 107 cm³/mol. The molecule has 0 spiro atoms. The van der Waals surface area contributed by atoms with Gasteiger partial charge in [0.05, 0.1) is 29.5 Å². The van der Waals surface area contributed by atoms with Crippen molar-refractivity contribution in [1.29, 1.82) is 0 Å². The first kappa shape index (κ1) is 17.8. The van der Waals surface area contributed by atoms with E-state index in [9.17, 15) is 9.59 Å². The van der Waals surface area contributed by atoms with Gasteiger partial charge in [-0.15, -0.1) is 0 Å². The van der Waals surface area contributed by atoms with Gasteiger partial charge < -0.3 is 9.73 Å². The minimum absolute atomic E-state index is 0.125. The van der Waals surface area contributed by atoms with Gasteiger partial charge in [-0.05, 0) is 29.7 Å². The molecule has 4 aromatic rings. The first-order valence-corrected chi connectivity index (χ1v) is 9.05. The van der Waals surface area contributed by atoms with Gasteiger partial charge >= 0.3 is 5.76 Å². The van der Waals surface area contributed by atoms with Gasteiger partial charge in [-0.2, -0.15) is 5.10 Å². The zero-order valence-electron chi connectivity index (χ0n) is 15.6. The molecular weight excluding hydrogens is 356 g/mol. The number of aromatic amines is 1. The molecule has 0 bridgehead atoms. The Morgan fingerprint density at radius 2 is 2.00 bits per heavy atom. The Morgan fingerprint density at radius 1 is 1.21 bits per heavy atom. The highest BCUT2D eigenvalue weighted by atomic mass is 16.4. The number of rotatable bonds is 5. The molecule has 0 atom stereocenters. The molecule has 28 heavy (non-hydrogen) atoms. The summed E-state index contributed by atoms with van der Waals surface area (Å²) in [5, 5.41) is 7.32. The van der Waals surface area contributed by atoms with Gasteiger partial charge in [0.2, 0.25) is 0 Å². The minimum atomic E-state index is -0.525. The van der Waals surface area contributed by atoms with Crippen LogP contribution in [0.25, 0.3) is 11.1 Å². The molecule has 2 N–H and O–H groups in total. The number of fused-ring (bicyclic) bond motifs is 1. The zero-order chi connectivity index (χ0) is 19.7. The quantitative estimate of drug-likeness (QED) is 0.555. The lowest BCUT2D eigenvalue weighted by Gasteiger charge is -2.13. The predicted octanol–water partition coefficient (Wildman–Crippen LogP) is 3.74. The van der Waals surface area contributed by atoms with Crippen LogP contribution in [-0.4, -0.2) is 20.7 Å². The van der Waals surface area contributed by atoms with Crippen molar-refractivity contribution >= 4 is 22.7 Å². The molecule has 0 unspecified atom stereocenters. The van der Waals surface area contributed by atoms with Gasteiger partial charge in [-0.1, -0.05) is 44.2 Å². The van der Waals surface area contributed by atoms with E-state index in [4.69, 9.17) is 4.42 Å².